The van der Waals surface area contributed by atoms with E-state index in [2.05, 4.69) is 0 Å². The molecule has 0 radical (unpaired) electrons. The van der Waals surface area contributed by atoms with E-state index in [0.29, 0.717) is 39.3 Å². The van der Waals surface area contributed by atoms with Gasteiger partial charge in [0.25, 0.3) is 0 Å². The number of esters is 2. The van der Waals surface area contributed by atoms with Crippen molar-refractivity contribution in [2.45, 2.75) is 50.7 Å². The summed E-state index contributed by atoms with van der Waals surface area (Å²) in [5, 5.41) is 0. The molecule has 0 aliphatic carbocycles. The van der Waals surface area contributed by atoms with Crippen LogP contribution in [0.15, 0.2) is 0 Å². The molecule has 2 unspecified atom stereocenters. The van der Waals surface area contributed by atoms with Crippen LogP contribution in [-0.2, 0) is 28.5 Å². The fourth-order valence-corrected chi connectivity index (χ4v) is 2.14. The molecule has 0 aromatic heterocycles. The van der Waals surface area contributed by atoms with Gasteiger partial charge in [-0.25, -0.2) is 0 Å². The highest BCUT2D eigenvalue weighted by atomic mass is 16.6. The van der Waals surface area contributed by atoms with E-state index in [1.54, 1.807) is 0 Å². The number of rotatable bonds is 11. The lowest BCUT2D eigenvalue weighted by Gasteiger charge is -2.25. The van der Waals surface area contributed by atoms with E-state index in [1.165, 1.54) is 0 Å². The Morgan fingerprint density at radius 1 is 0.800 bits per heavy atom. The van der Waals surface area contributed by atoms with Crippen molar-refractivity contribution in [2.24, 2.45) is 0 Å². The molecule has 0 amide bonds. The van der Waals surface area contributed by atoms with E-state index >= 15 is 0 Å². The van der Waals surface area contributed by atoms with E-state index in [4.69, 9.17) is 18.9 Å². The number of hydrogen-bond acceptors (Lipinski definition) is 6. The highest BCUT2D eigenvalue weighted by Crippen LogP contribution is 2.18. The number of carbonyl (C=O) groups excluding carboxylic acids is 2. The Labute approximate surface area is 118 Å². The van der Waals surface area contributed by atoms with Crippen molar-refractivity contribution in [2.75, 3.05) is 26.4 Å². The van der Waals surface area contributed by atoms with E-state index in [-0.39, 0.29) is 24.1 Å². The molecule has 0 aromatic carbocycles. The lowest BCUT2D eigenvalue weighted by molar-refractivity contribution is -0.171. The summed E-state index contributed by atoms with van der Waals surface area (Å²) >= 11 is 0. The third kappa shape index (κ3) is 5.46. The first-order valence-corrected chi connectivity index (χ1v) is 7.28. The number of cyclic esters (lactones) is 2. The number of carbonyl (C=O) groups is 2. The molecule has 0 bridgehead atoms. The predicted octanol–water partition coefficient (Wildman–Crippen LogP) is 1.21. The first kappa shape index (κ1) is 15.3. The van der Waals surface area contributed by atoms with Crippen LogP contribution in [0.25, 0.3) is 0 Å². The maximum atomic E-state index is 10.6. The average Bonchev–Trinajstić information content (AvgIpc) is 2.36. The molecule has 2 rings (SSSR count). The van der Waals surface area contributed by atoms with Gasteiger partial charge >= 0.3 is 11.9 Å². The Kier molecular flexibility index (Phi) is 6.26. The SMILES string of the molecule is O=C1CC(CCCOCCCOCCC2CC(=O)O2)O1. The Bertz CT molecular complexity index is 282. The third-order valence-corrected chi connectivity index (χ3v) is 3.36. The maximum Gasteiger partial charge on any atom is 0.309 e. The molecule has 0 aromatic rings. The molecule has 20 heavy (non-hydrogen) atoms. The van der Waals surface area contributed by atoms with Crippen molar-refractivity contribution in [3.05, 3.63) is 0 Å². The number of ether oxygens (including phenoxy) is 4. The average molecular weight is 286 g/mol. The summed E-state index contributed by atoms with van der Waals surface area (Å²) in [4.78, 5) is 21.1. The molecule has 2 aliphatic heterocycles. The molecule has 6 nitrogen and oxygen atoms in total. The van der Waals surface area contributed by atoms with Crippen molar-refractivity contribution < 1.29 is 28.5 Å². The van der Waals surface area contributed by atoms with Gasteiger partial charge in [0.1, 0.15) is 12.2 Å². The van der Waals surface area contributed by atoms with Gasteiger partial charge in [0.05, 0.1) is 19.4 Å². The lowest BCUT2D eigenvalue weighted by Crippen LogP contribution is -2.33. The van der Waals surface area contributed by atoms with Crippen molar-refractivity contribution >= 4 is 11.9 Å². The van der Waals surface area contributed by atoms with Gasteiger partial charge in [-0.05, 0) is 19.3 Å². The van der Waals surface area contributed by atoms with Gasteiger partial charge in [0.2, 0.25) is 0 Å². The summed E-state index contributed by atoms with van der Waals surface area (Å²) in [6.45, 7) is 2.68. The molecule has 2 fully saturated rings. The second-order valence-corrected chi connectivity index (χ2v) is 5.14. The molecule has 2 heterocycles. The van der Waals surface area contributed by atoms with Crippen LogP contribution in [-0.4, -0.2) is 50.6 Å². The fraction of sp³-hybridized carbons (Fsp3) is 0.857. The van der Waals surface area contributed by atoms with E-state index in [9.17, 15) is 9.59 Å². The molecule has 2 saturated heterocycles. The molecule has 0 spiro atoms. The molecule has 2 atom stereocenters. The summed E-state index contributed by atoms with van der Waals surface area (Å²) in [5.41, 5.74) is 0. The van der Waals surface area contributed by atoms with Crippen molar-refractivity contribution in [3.63, 3.8) is 0 Å². The first-order valence-electron chi connectivity index (χ1n) is 7.28. The molecule has 0 N–H and O–H groups in total. The normalized spacial score (nSPS) is 24.6. The zero-order chi connectivity index (χ0) is 14.2. The van der Waals surface area contributed by atoms with Crippen LogP contribution in [0, 0.1) is 0 Å². The topological polar surface area (TPSA) is 71.1 Å². The minimum Gasteiger partial charge on any atom is -0.462 e. The Hall–Kier alpha value is -1.14. The van der Waals surface area contributed by atoms with Gasteiger partial charge in [-0.1, -0.05) is 0 Å². The molecular weight excluding hydrogens is 264 g/mol. The van der Waals surface area contributed by atoms with Crippen LogP contribution in [0.4, 0.5) is 0 Å². The largest absolute Gasteiger partial charge is 0.462 e. The molecule has 0 saturated carbocycles. The smallest absolute Gasteiger partial charge is 0.309 e. The van der Waals surface area contributed by atoms with Gasteiger partial charge in [-0.3, -0.25) is 9.59 Å². The quantitative estimate of drug-likeness (QED) is 0.420. The predicted molar refractivity (Wildman–Crippen MR) is 69.1 cm³/mol. The Morgan fingerprint density at radius 3 is 1.90 bits per heavy atom. The summed E-state index contributed by atoms with van der Waals surface area (Å²) in [7, 11) is 0. The van der Waals surface area contributed by atoms with Gasteiger partial charge < -0.3 is 18.9 Å². The minimum absolute atomic E-state index is 0.0688. The van der Waals surface area contributed by atoms with Crippen molar-refractivity contribution in [3.8, 4) is 0 Å². The number of hydrogen-bond donors (Lipinski definition) is 0. The van der Waals surface area contributed by atoms with Crippen LogP contribution < -0.4 is 0 Å². The van der Waals surface area contributed by atoms with E-state index in [0.717, 1.165) is 25.7 Å². The van der Waals surface area contributed by atoms with E-state index < -0.39 is 0 Å². The Balaban J connectivity index is 1.25. The highest BCUT2D eigenvalue weighted by molar-refractivity contribution is 5.75. The van der Waals surface area contributed by atoms with Crippen LogP contribution in [0.2, 0.25) is 0 Å². The van der Waals surface area contributed by atoms with Gasteiger partial charge in [0.15, 0.2) is 0 Å². The molecule has 2 aliphatic rings. The van der Waals surface area contributed by atoms with Gasteiger partial charge in [0, 0.05) is 26.2 Å². The van der Waals surface area contributed by atoms with Crippen LogP contribution in [0.1, 0.15) is 38.5 Å². The molecule has 6 heteroatoms. The van der Waals surface area contributed by atoms with Crippen molar-refractivity contribution in [1.82, 2.24) is 0 Å². The van der Waals surface area contributed by atoms with Crippen LogP contribution in [0.3, 0.4) is 0 Å². The lowest BCUT2D eigenvalue weighted by atomic mass is 10.1. The fourth-order valence-electron chi connectivity index (χ4n) is 2.14. The Morgan fingerprint density at radius 2 is 1.30 bits per heavy atom. The first-order chi connectivity index (χ1) is 9.74. The minimum atomic E-state index is -0.111. The molecule has 114 valence electrons. The zero-order valence-corrected chi connectivity index (χ0v) is 11.7. The maximum absolute atomic E-state index is 10.6. The summed E-state index contributed by atoms with van der Waals surface area (Å²) < 4.78 is 20.7. The standard InChI is InChI=1S/C14H22O6/c15-13-9-11(19-13)3-1-5-17-6-2-7-18-8-4-12-10-14(16)20-12/h11-12H,1-10H2. The summed E-state index contributed by atoms with van der Waals surface area (Å²) in [6, 6.07) is 0. The van der Waals surface area contributed by atoms with Gasteiger partial charge in [-0.2, -0.15) is 0 Å². The second kappa shape index (κ2) is 8.21. The highest BCUT2D eigenvalue weighted by Gasteiger charge is 2.28. The van der Waals surface area contributed by atoms with Gasteiger partial charge in [-0.15, -0.1) is 0 Å². The summed E-state index contributed by atoms with van der Waals surface area (Å²) in [6.07, 6.45) is 4.74. The molecular formula is C14H22O6. The zero-order valence-electron chi connectivity index (χ0n) is 11.7. The summed E-state index contributed by atoms with van der Waals surface area (Å²) in [5.74, 6) is -0.204. The second-order valence-electron chi connectivity index (χ2n) is 5.14. The monoisotopic (exact) mass is 286 g/mol. The van der Waals surface area contributed by atoms with Crippen molar-refractivity contribution in [1.29, 1.82) is 0 Å². The van der Waals surface area contributed by atoms with Crippen LogP contribution >= 0.6 is 0 Å². The van der Waals surface area contributed by atoms with Crippen LogP contribution in [0.5, 0.6) is 0 Å². The van der Waals surface area contributed by atoms with E-state index in [1.807, 2.05) is 0 Å². The third-order valence-electron chi connectivity index (χ3n) is 3.36.